The number of carbonyl (C=O) groups is 3. The van der Waals surface area contributed by atoms with Gasteiger partial charge in [0.2, 0.25) is 6.29 Å². The van der Waals surface area contributed by atoms with Gasteiger partial charge in [-0.25, -0.2) is 9.59 Å². The topological polar surface area (TPSA) is 132 Å². The predicted octanol–water partition coefficient (Wildman–Crippen LogP) is 1.39. The molecule has 0 radical (unpaired) electrons. The Labute approximate surface area is 197 Å². The van der Waals surface area contributed by atoms with Gasteiger partial charge in [0, 0.05) is 23.2 Å². The Hall–Kier alpha value is -1.81. The molecule has 2 saturated carbocycles. The highest BCUT2D eigenvalue weighted by Crippen LogP contribution is 2.79. The summed E-state index contributed by atoms with van der Waals surface area (Å²) >= 11 is 0. The molecule has 2 aliphatic carbocycles. The van der Waals surface area contributed by atoms with Crippen LogP contribution in [-0.4, -0.2) is 63.4 Å². The van der Waals surface area contributed by atoms with Crippen molar-refractivity contribution < 1.29 is 43.5 Å². The number of hydrogen-bond acceptors (Lipinski definition) is 9. The highest BCUT2D eigenvalue weighted by Gasteiger charge is 2.90. The molecule has 6 aliphatic rings. The van der Waals surface area contributed by atoms with E-state index in [4.69, 9.17) is 18.9 Å². The molecule has 4 heterocycles. The molecule has 10 atom stereocenters. The summed E-state index contributed by atoms with van der Waals surface area (Å²) in [6.45, 7) is 11.2. The molecule has 34 heavy (non-hydrogen) atoms. The van der Waals surface area contributed by atoms with Gasteiger partial charge in [0.05, 0.1) is 16.6 Å². The molecule has 186 valence electrons. The van der Waals surface area contributed by atoms with Gasteiger partial charge in [0.15, 0.2) is 11.9 Å². The maximum absolute atomic E-state index is 14.1. The first kappa shape index (κ1) is 22.6. The van der Waals surface area contributed by atoms with Crippen molar-refractivity contribution in [2.45, 2.75) is 96.3 Å². The van der Waals surface area contributed by atoms with Crippen LogP contribution in [0.5, 0.6) is 0 Å². The normalized spacial score (nSPS) is 57.0. The number of ether oxygens (including phenoxy) is 4. The number of aliphatic hydroxyl groups excluding tert-OH is 1. The summed E-state index contributed by atoms with van der Waals surface area (Å²) in [4.78, 5) is 39.7. The van der Waals surface area contributed by atoms with E-state index in [9.17, 15) is 24.6 Å². The SMILES string of the molecule is CC1(C)O[C@](C)(O)[C@@]2(C)C1CC(=O)[C@]1(C)[C@@H]2CC[C@@]2(C)[C@H](C3=CC(O)OC3=O)OC(=O)[C@H]3O[C@]321. The van der Waals surface area contributed by atoms with Crippen LogP contribution in [0.1, 0.15) is 60.8 Å². The number of fused-ring (bicyclic) bond motifs is 3. The van der Waals surface area contributed by atoms with Crippen LogP contribution in [0.15, 0.2) is 11.6 Å². The summed E-state index contributed by atoms with van der Waals surface area (Å²) in [5.74, 6) is -3.44. The number of Topliss-reactive ketones (excluding diaryl/α,β-unsaturated/α-hetero) is 1. The Balaban J connectivity index is 1.52. The van der Waals surface area contributed by atoms with Crippen LogP contribution in [0.25, 0.3) is 0 Å². The van der Waals surface area contributed by atoms with Crippen LogP contribution in [0, 0.1) is 28.1 Å². The number of epoxide rings is 1. The molecule has 3 saturated heterocycles. The molecule has 1 spiro atoms. The third-order valence-electron chi connectivity index (χ3n) is 10.7. The van der Waals surface area contributed by atoms with Crippen molar-refractivity contribution in [3.05, 3.63) is 11.6 Å². The van der Waals surface area contributed by atoms with Gasteiger partial charge in [-0.05, 0) is 52.5 Å². The number of aliphatic hydroxyl groups is 2. The van der Waals surface area contributed by atoms with E-state index < -0.39 is 63.7 Å². The molecule has 2 unspecified atom stereocenters. The largest absolute Gasteiger partial charge is 0.454 e. The highest BCUT2D eigenvalue weighted by molar-refractivity contribution is 5.96. The van der Waals surface area contributed by atoms with E-state index in [1.54, 1.807) is 6.92 Å². The average Bonchev–Trinajstić information content (AvgIpc) is 3.37. The van der Waals surface area contributed by atoms with E-state index in [0.717, 1.165) is 0 Å². The number of hydrogen-bond donors (Lipinski definition) is 2. The van der Waals surface area contributed by atoms with Gasteiger partial charge < -0.3 is 29.2 Å². The zero-order valence-corrected chi connectivity index (χ0v) is 20.3. The van der Waals surface area contributed by atoms with Crippen LogP contribution < -0.4 is 0 Å². The third kappa shape index (κ3) is 2.12. The molecule has 6 rings (SSSR count). The number of esters is 2. The zero-order chi connectivity index (χ0) is 24.9. The summed E-state index contributed by atoms with van der Waals surface area (Å²) in [5, 5.41) is 21.4. The van der Waals surface area contributed by atoms with Crippen molar-refractivity contribution >= 4 is 17.7 Å². The van der Waals surface area contributed by atoms with Crippen molar-refractivity contribution in [1.82, 2.24) is 0 Å². The number of rotatable bonds is 1. The molecule has 9 nitrogen and oxygen atoms in total. The van der Waals surface area contributed by atoms with E-state index in [2.05, 4.69) is 0 Å². The molecule has 4 aliphatic heterocycles. The standard InChI is InChI=1S/C25H32O9/c1-20(2)13-10-14(26)23(5)12(22(13,4)24(6,30)34-20)7-8-21(3)16(11-9-15(27)31-18(11)28)32-19(29)17-25(21,23)33-17/h9,12-13,15-17,27,30H,7-8,10H2,1-6H3/t12-,13?,15?,16+,17-,21+,22-,23+,24+,25-/m1/s1. The summed E-state index contributed by atoms with van der Waals surface area (Å²) in [6, 6.07) is 0. The number of ketones is 1. The van der Waals surface area contributed by atoms with Crippen molar-refractivity contribution in [1.29, 1.82) is 0 Å². The van der Waals surface area contributed by atoms with E-state index in [0.29, 0.717) is 12.8 Å². The molecule has 0 bridgehead atoms. The zero-order valence-electron chi connectivity index (χ0n) is 20.3. The van der Waals surface area contributed by atoms with Gasteiger partial charge in [0.25, 0.3) is 0 Å². The maximum atomic E-state index is 14.1. The van der Waals surface area contributed by atoms with Crippen molar-refractivity contribution in [3.63, 3.8) is 0 Å². The molecule has 5 fully saturated rings. The predicted molar refractivity (Wildman–Crippen MR) is 114 cm³/mol. The van der Waals surface area contributed by atoms with Gasteiger partial charge >= 0.3 is 11.9 Å². The lowest BCUT2D eigenvalue weighted by Gasteiger charge is -2.64. The van der Waals surface area contributed by atoms with Crippen molar-refractivity contribution in [3.8, 4) is 0 Å². The van der Waals surface area contributed by atoms with E-state index in [1.165, 1.54) is 6.08 Å². The molecular weight excluding hydrogens is 444 g/mol. The highest BCUT2D eigenvalue weighted by atomic mass is 16.7. The second kappa shape index (κ2) is 5.94. The van der Waals surface area contributed by atoms with Crippen LogP contribution in [-0.2, 0) is 33.3 Å². The Kier molecular flexibility index (Phi) is 3.95. The Morgan fingerprint density at radius 3 is 2.26 bits per heavy atom. The fourth-order valence-electron chi connectivity index (χ4n) is 9.09. The third-order valence-corrected chi connectivity index (χ3v) is 10.7. The van der Waals surface area contributed by atoms with Gasteiger partial charge in [0.1, 0.15) is 17.5 Å². The Morgan fingerprint density at radius 2 is 1.65 bits per heavy atom. The fraction of sp³-hybridized carbons (Fsp3) is 0.800. The van der Waals surface area contributed by atoms with Crippen LogP contribution >= 0.6 is 0 Å². The summed E-state index contributed by atoms with van der Waals surface area (Å²) in [5.41, 5.74) is -4.65. The lowest BCUT2D eigenvalue weighted by Crippen LogP contribution is -2.73. The molecule has 0 aromatic heterocycles. The average molecular weight is 477 g/mol. The van der Waals surface area contributed by atoms with Crippen LogP contribution in [0.4, 0.5) is 0 Å². The number of carbonyl (C=O) groups excluding carboxylic acids is 3. The first-order valence-corrected chi connectivity index (χ1v) is 12.0. The first-order chi connectivity index (χ1) is 15.6. The van der Waals surface area contributed by atoms with Crippen LogP contribution in [0.3, 0.4) is 0 Å². The van der Waals surface area contributed by atoms with E-state index >= 15 is 0 Å². The minimum atomic E-state index is -1.49. The fourth-order valence-corrected chi connectivity index (χ4v) is 9.09. The lowest BCUT2D eigenvalue weighted by molar-refractivity contribution is -0.271. The summed E-state index contributed by atoms with van der Waals surface area (Å²) < 4.78 is 23.0. The Bertz CT molecular complexity index is 1080. The summed E-state index contributed by atoms with van der Waals surface area (Å²) in [6.07, 6.45) is -0.898. The molecule has 9 heteroatoms. The van der Waals surface area contributed by atoms with Gasteiger partial charge in [-0.15, -0.1) is 0 Å². The van der Waals surface area contributed by atoms with Crippen molar-refractivity contribution in [2.24, 2.45) is 28.1 Å². The minimum Gasteiger partial charge on any atom is -0.454 e. The molecule has 0 aromatic carbocycles. The minimum absolute atomic E-state index is 0.0285. The van der Waals surface area contributed by atoms with Gasteiger partial charge in [-0.1, -0.05) is 13.8 Å². The first-order valence-electron chi connectivity index (χ1n) is 12.0. The van der Waals surface area contributed by atoms with E-state index in [1.807, 2.05) is 34.6 Å². The second-order valence-corrected chi connectivity index (χ2v) is 12.3. The lowest BCUT2D eigenvalue weighted by atomic mass is 9.37. The smallest absolute Gasteiger partial charge is 0.340 e. The molecule has 0 aromatic rings. The monoisotopic (exact) mass is 476 g/mol. The quantitative estimate of drug-likeness (QED) is 0.425. The van der Waals surface area contributed by atoms with Crippen LogP contribution in [0.2, 0.25) is 0 Å². The second-order valence-electron chi connectivity index (χ2n) is 12.3. The molecular formula is C25H32O9. The van der Waals surface area contributed by atoms with E-state index in [-0.39, 0.29) is 29.6 Å². The summed E-state index contributed by atoms with van der Waals surface area (Å²) in [7, 11) is 0. The van der Waals surface area contributed by atoms with Gasteiger partial charge in [-0.2, -0.15) is 0 Å². The molecule has 0 amide bonds. The van der Waals surface area contributed by atoms with Gasteiger partial charge in [-0.3, -0.25) is 4.79 Å². The maximum Gasteiger partial charge on any atom is 0.340 e. The van der Waals surface area contributed by atoms with Crippen molar-refractivity contribution in [2.75, 3.05) is 0 Å². The number of cyclic esters (lactones) is 2. The molecule has 2 N–H and O–H groups in total. The Morgan fingerprint density at radius 1 is 0.971 bits per heavy atom.